The van der Waals surface area contributed by atoms with Crippen LogP contribution in [0.3, 0.4) is 0 Å². The summed E-state index contributed by atoms with van der Waals surface area (Å²) < 4.78 is 0. The molecule has 0 atom stereocenters. The smallest absolute Gasteiger partial charge is 0.233 e. The number of nitrogens with one attached hydrogen (secondary N) is 3. The first kappa shape index (κ1) is 25.5. The summed E-state index contributed by atoms with van der Waals surface area (Å²) in [5.74, 6) is 2.51. The summed E-state index contributed by atoms with van der Waals surface area (Å²) in [5.41, 5.74) is 2.80. The van der Waals surface area contributed by atoms with E-state index in [4.69, 9.17) is 4.98 Å². The van der Waals surface area contributed by atoms with Crippen LogP contribution in [-0.4, -0.2) is 81.7 Å². The molecule has 0 bridgehead atoms. The molecule has 3 heterocycles. The number of rotatable bonds is 9. The number of nitrogens with zero attached hydrogens (tertiary/aromatic N) is 5. The van der Waals surface area contributed by atoms with Crippen LogP contribution in [0.2, 0.25) is 0 Å². The van der Waals surface area contributed by atoms with Crippen LogP contribution in [0.1, 0.15) is 6.92 Å². The van der Waals surface area contributed by atoms with Gasteiger partial charge in [-0.05, 0) is 12.1 Å². The van der Waals surface area contributed by atoms with E-state index in [2.05, 4.69) is 30.5 Å². The van der Waals surface area contributed by atoms with E-state index in [9.17, 15) is 9.59 Å². The lowest BCUT2D eigenvalue weighted by molar-refractivity contribution is -0.128. The first-order chi connectivity index (χ1) is 18.5. The summed E-state index contributed by atoms with van der Waals surface area (Å²) in [5, 5.41) is 6.83. The van der Waals surface area contributed by atoms with Gasteiger partial charge in [0.2, 0.25) is 11.8 Å². The highest BCUT2D eigenvalue weighted by Crippen LogP contribution is 2.24. The van der Waals surface area contributed by atoms with Crippen molar-refractivity contribution in [1.29, 1.82) is 0 Å². The number of piperazine rings is 1. The molecule has 196 valence electrons. The number of imidazole rings is 1. The normalized spacial score (nSPS) is 13.5. The van der Waals surface area contributed by atoms with Crippen LogP contribution in [0.15, 0.2) is 65.8 Å². The minimum atomic E-state index is -0.0662. The monoisotopic (exact) mass is 530 g/mol. The van der Waals surface area contributed by atoms with E-state index in [1.807, 2.05) is 65.6 Å². The second-order valence-electron chi connectivity index (χ2n) is 8.93. The first-order valence-corrected chi connectivity index (χ1v) is 13.6. The lowest BCUT2D eigenvalue weighted by Gasteiger charge is -2.35. The number of H-pyrrole nitrogens is 1. The molecule has 3 N–H and O–H groups in total. The van der Waals surface area contributed by atoms with Gasteiger partial charge < -0.3 is 25.4 Å². The van der Waals surface area contributed by atoms with Crippen molar-refractivity contribution in [3.8, 4) is 11.4 Å². The van der Waals surface area contributed by atoms with E-state index in [1.54, 1.807) is 0 Å². The molecule has 1 aliphatic heterocycles. The number of benzene rings is 2. The Balaban J connectivity index is 1.21. The third-order valence-corrected chi connectivity index (χ3v) is 7.06. The van der Waals surface area contributed by atoms with Crippen molar-refractivity contribution in [2.75, 3.05) is 55.2 Å². The number of carbonyl (C=O) groups excluding carboxylic acids is 2. The van der Waals surface area contributed by atoms with Crippen LogP contribution in [0.25, 0.3) is 22.4 Å². The van der Waals surface area contributed by atoms with Crippen molar-refractivity contribution in [3.63, 3.8) is 0 Å². The van der Waals surface area contributed by atoms with E-state index in [0.717, 1.165) is 27.6 Å². The summed E-state index contributed by atoms with van der Waals surface area (Å²) in [4.78, 5) is 45.5. The highest BCUT2D eigenvalue weighted by Gasteiger charge is 2.23. The summed E-state index contributed by atoms with van der Waals surface area (Å²) >= 11 is 1.43. The van der Waals surface area contributed by atoms with Gasteiger partial charge in [0.25, 0.3) is 0 Å². The van der Waals surface area contributed by atoms with Crippen LogP contribution in [0, 0.1) is 0 Å². The van der Waals surface area contributed by atoms with Crippen molar-refractivity contribution in [3.05, 3.63) is 60.7 Å². The molecule has 5 rings (SSSR count). The number of thioether (sulfide) groups is 1. The number of carbonyl (C=O) groups is 2. The van der Waals surface area contributed by atoms with Gasteiger partial charge in [-0.1, -0.05) is 54.2 Å². The maximum absolute atomic E-state index is 12.9. The van der Waals surface area contributed by atoms with Gasteiger partial charge in [0.05, 0.1) is 16.8 Å². The molecule has 1 aliphatic rings. The van der Waals surface area contributed by atoms with Gasteiger partial charge in [-0.15, -0.1) is 0 Å². The fourth-order valence-electron chi connectivity index (χ4n) is 4.24. The molecule has 0 saturated carbocycles. The maximum Gasteiger partial charge on any atom is 0.233 e. The molecular weight excluding hydrogens is 500 g/mol. The molecule has 2 aromatic heterocycles. The molecule has 0 radical (unpaired) electrons. The Bertz CT molecular complexity index is 1370. The second kappa shape index (κ2) is 12.0. The molecular formula is C27H30N8O2S. The zero-order valence-electron chi connectivity index (χ0n) is 21.2. The minimum absolute atomic E-state index is 0.0662. The van der Waals surface area contributed by atoms with Gasteiger partial charge in [-0.25, -0.2) is 15.0 Å². The number of fused-ring (bicyclic) bond motifs is 1. The van der Waals surface area contributed by atoms with Crippen LogP contribution in [0.5, 0.6) is 0 Å². The Morgan fingerprint density at radius 1 is 0.947 bits per heavy atom. The Hall–Kier alpha value is -4.12. The van der Waals surface area contributed by atoms with E-state index in [-0.39, 0.29) is 11.8 Å². The quantitative estimate of drug-likeness (QED) is 0.223. The summed E-state index contributed by atoms with van der Waals surface area (Å²) in [6, 6.07) is 19.6. The molecule has 10 nitrogen and oxygen atoms in total. The fourth-order valence-corrected chi connectivity index (χ4v) is 5.02. The van der Waals surface area contributed by atoms with Gasteiger partial charge in [-0.2, -0.15) is 0 Å². The molecule has 1 saturated heterocycles. The molecule has 4 aromatic rings. The standard InChI is InChI=1S/C27H30N8O2S/c1-19(36)28-11-12-29-23-17-24(33-26(32-23)20-7-3-2-4-8-20)34-13-15-35(16-14-34)25(37)18-38-27-30-21-9-5-6-10-22(21)31-27/h2-10,17H,11-16,18H2,1H3,(H,28,36)(H,30,31)(H,29,32,33). The van der Waals surface area contributed by atoms with E-state index < -0.39 is 0 Å². The van der Waals surface area contributed by atoms with Crippen LogP contribution >= 0.6 is 11.8 Å². The lowest BCUT2D eigenvalue weighted by Crippen LogP contribution is -2.49. The van der Waals surface area contributed by atoms with Gasteiger partial charge >= 0.3 is 0 Å². The zero-order chi connectivity index (χ0) is 26.3. The maximum atomic E-state index is 12.9. The fraction of sp³-hybridized carbons (Fsp3) is 0.296. The van der Waals surface area contributed by atoms with Crippen molar-refractivity contribution in [2.24, 2.45) is 0 Å². The van der Waals surface area contributed by atoms with E-state index in [1.165, 1.54) is 18.7 Å². The Kier molecular flexibility index (Phi) is 8.03. The largest absolute Gasteiger partial charge is 0.368 e. The summed E-state index contributed by atoms with van der Waals surface area (Å²) in [6.45, 7) is 5.15. The van der Waals surface area contributed by atoms with E-state index >= 15 is 0 Å². The van der Waals surface area contributed by atoms with Gasteiger partial charge in [0.15, 0.2) is 11.0 Å². The van der Waals surface area contributed by atoms with Gasteiger partial charge in [0, 0.05) is 57.8 Å². The molecule has 1 fully saturated rings. The molecule has 0 aliphatic carbocycles. The average molecular weight is 531 g/mol. The highest BCUT2D eigenvalue weighted by molar-refractivity contribution is 7.99. The van der Waals surface area contributed by atoms with Crippen LogP contribution in [-0.2, 0) is 9.59 Å². The summed E-state index contributed by atoms with van der Waals surface area (Å²) in [6.07, 6.45) is 0. The van der Waals surface area contributed by atoms with Crippen LogP contribution in [0.4, 0.5) is 11.6 Å². The predicted molar refractivity (Wildman–Crippen MR) is 150 cm³/mol. The highest BCUT2D eigenvalue weighted by atomic mass is 32.2. The number of hydrogen-bond donors (Lipinski definition) is 3. The van der Waals surface area contributed by atoms with E-state index in [0.29, 0.717) is 56.7 Å². The number of aromatic amines is 1. The predicted octanol–water partition coefficient (Wildman–Crippen LogP) is 3.01. The van der Waals surface area contributed by atoms with Gasteiger partial charge in [0.1, 0.15) is 11.6 Å². The molecule has 11 heteroatoms. The topological polar surface area (TPSA) is 119 Å². The van der Waals surface area contributed by atoms with Crippen molar-refractivity contribution in [2.45, 2.75) is 12.1 Å². The molecule has 38 heavy (non-hydrogen) atoms. The Morgan fingerprint density at radius 2 is 1.71 bits per heavy atom. The number of anilines is 2. The molecule has 0 spiro atoms. The van der Waals surface area contributed by atoms with Crippen molar-refractivity contribution in [1.82, 2.24) is 30.2 Å². The summed E-state index contributed by atoms with van der Waals surface area (Å²) in [7, 11) is 0. The Morgan fingerprint density at radius 3 is 2.47 bits per heavy atom. The number of amides is 2. The SMILES string of the molecule is CC(=O)NCCNc1cc(N2CCN(C(=O)CSc3nc4ccccc4[nH]3)CC2)nc(-c2ccccc2)n1. The number of hydrogen-bond acceptors (Lipinski definition) is 8. The third-order valence-electron chi connectivity index (χ3n) is 6.21. The average Bonchev–Trinajstić information content (AvgIpc) is 3.37. The van der Waals surface area contributed by atoms with Crippen molar-refractivity contribution >= 4 is 46.2 Å². The third kappa shape index (κ3) is 6.41. The van der Waals surface area contributed by atoms with Gasteiger partial charge in [-0.3, -0.25) is 9.59 Å². The van der Waals surface area contributed by atoms with Crippen LogP contribution < -0.4 is 15.5 Å². The molecule has 2 aromatic carbocycles. The number of aromatic nitrogens is 4. The second-order valence-corrected chi connectivity index (χ2v) is 9.89. The molecule has 0 unspecified atom stereocenters. The molecule has 2 amide bonds. The Labute approximate surface area is 225 Å². The van der Waals surface area contributed by atoms with Crippen molar-refractivity contribution < 1.29 is 9.59 Å². The zero-order valence-corrected chi connectivity index (χ0v) is 22.0. The minimum Gasteiger partial charge on any atom is -0.368 e. The number of para-hydroxylation sites is 2. The first-order valence-electron chi connectivity index (χ1n) is 12.6. The lowest BCUT2D eigenvalue weighted by atomic mass is 10.2.